The van der Waals surface area contributed by atoms with Crippen LogP contribution in [0.4, 0.5) is 0 Å². The summed E-state index contributed by atoms with van der Waals surface area (Å²) < 4.78 is 5.50. The second kappa shape index (κ2) is 15.7. The van der Waals surface area contributed by atoms with E-state index in [4.69, 9.17) is 27.9 Å². The number of likely N-dealkylation sites (N-methyl/N-ethyl adjacent to an activating group) is 1. The van der Waals surface area contributed by atoms with Crippen molar-refractivity contribution in [3.05, 3.63) is 33.8 Å². The van der Waals surface area contributed by atoms with Crippen LogP contribution in [0.3, 0.4) is 0 Å². The highest BCUT2D eigenvalue weighted by Gasteiger charge is 2.27. The summed E-state index contributed by atoms with van der Waals surface area (Å²) >= 11 is 12.1. The van der Waals surface area contributed by atoms with Crippen molar-refractivity contribution in [3.8, 4) is 0 Å². The van der Waals surface area contributed by atoms with Gasteiger partial charge >= 0.3 is 5.97 Å². The van der Waals surface area contributed by atoms with Gasteiger partial charge in [0.2, 0.25) is 6.04 Å². The van der Waals surface area contributed by atoms with Crippen LogP contribution in [-0.4, -0.2) is 38.8 Å². The van der Waals surface area contributed by atoms with E-state index in [9.17, 15) is 4.79 Å². The number of carbonyl (C=O) groups excluding carboxylic acids is 1. The molecule has 0 aromatic heterocycles. The first-order chi connectivity index (χ1) is 11.9. The Labute approximate surface area is 186 Å². The summed E-state index contributed by atoms with van der Waals surface area (Å²) in [6.45, 7) is 13.0. The number of hydrogen-bond acceptors (Lipinski definition) is 2. The van der Waals surface area contributed by atoms with Crippen molar-refractivity contribution >= 4 is 29.2 Å². The fourth-order valence-electron chi connectivity index (χ4n) is 2.62. The summed E-state index contributed by atoms with van der Waals surface area (Å²) in [6, 6.07) is 4.94. The molecular weight excluding hydrogens is 430 g/mol. The fourth-order valence-corrected chi connectivity index (χ4v) is 2.92. The molecule has 8 heteroatoms. The maximum atomic E-state index is 12.6. The monoisotopic (exact) mass is 460 g/mol. The minimum atomic E-state index is -0.406. The van der Waals surface area contributed by atoms with Crippen molar-refractivity contribution in [1.29, 1.82) is 0 Å². The quantitative estimate of drug-likeness (QED) is 0.331. The van der Waals surface area contributed by atoms with E-state index in [0.717, 1.165) is 38.2 Å². The molecule has 0 radical (unpaired) electrons. The van der Waals surface area contributed by atoms with Gasteiger partial charge in [-0.2, -0.15) is 0 Å². The summed E-state index contributed by atoms with van der Waals surface area (Å²) in [5.41, 5.74) is 0.832. The van der Waals surface area contributed by atoms with Gasteiger partial charge in [0.15, 0.2) is 0 Å². The van der Waals surface area contributed by atoms with Crippen LogP contribution in [0.15, 0.2) is 18.2 Å². The lowest BCUT2D eigenvalue weighted by molar-refractivity contribution is -0.910. The third kappa shape index (κ3) is 10.8. The molecule has 0 saturated carbocycles. The molecule has 0 spiro atoms. The molecule has 3 N–H and O–H groups in total. The molecular formula is C19H32Cl4N2O2. The Balaban J connectivity index is 0. The van der Waals surface area contributed by atoms with E-state index < -0.39 is 6.04 Å². The number of halogens is 4. The Morgan fingerprint density at radius 3 is 2.30 bits per heavy atom. The van der Waals surface area contributed by atoms with Crippen molar-refractivity contribution in [1.82, 2.24) is 0 Å². The molecule has 1 atom stereocenters. The number of ether oxygens (including phenoxy) is 1. The van der Waals surface area contributed by atoms with E-state index in [-0.39, 0.29) is 30.8 Å². The molecule has 0 bridgehead atoms. The van der Waals surface area contributed by atoms with Gasteiger partial charge in [0.25, 0.3) is 0 Å². The fraction of sp³-hybridized carbons (Fsp3) is 0.632. The highest BCUT2D eigenvalue weighted by atomic mass is 35.5. The van der Waals surface area contributed by atoms with Crippen molar-refractivity contribution in [2.75, 3.05) is 32.8 Å². The molecule has 1 aromatic carbocycles. The first-order valence-corrected chi connectivity index (χ1v) is 9.93. The average Bonchev–Trinajstić information content (AvgIpc) is 2.57. The predicted octanol–water partition coefficient (Wildman–Crippen LogP) is -3.88. The van der Waals surface area contributed by atoms with Crippen LogP contribution in [-0.2, 0) is 9.53 Å². The molecule has 0 aliphatic heterocycles. The molecule has 1 rings (SSSR count). The van der Waals surface area contributed by atoms with E-state index in [1.807, 2.05) is 11.4 Å². The third-order valence-electron chi connectivity index (χ3n) is 4.40. The number of nitrogens with two attached hydrogens (primary N) is 1. The maximum absolute atomic E-state index is 12.6. The van der Waals surface area contributed by atoms with Crippen LogP contribution in [0.1, 0.15) is 45.7 Å². The smallest absolute Gasteiger partial charge is 0.369 e. The van der Waals surface area contributed by atoms with Gasteiger partial charge in [0, 0.05) is 5.56 Å². The van der Waals surface area contributed by atoms with Crippen LogP contribution in [0.2, 0.25) is 10.0 Å². The van der Waals surface area contributed by atoms with E-state index in [1.165, 1.54) is 4.90 Å². The molecule has 0 amide bonds. The van der Waals surface area contributed by atoms with Crippen LogP contribution in [0.5, 0.6) is 0 Å². The number of esters is 1. The summed E-state index contributed by atoms with van der Waals surface area (Å²) in [5.74, 6) is 0.292. The number of hydrogen-bond donors (Lipinski definition) is 2. The second-order valence-electron chi connectivity index (χ2n) is 6.73. The van der Waals surface area contributed by atoms with Gasteiger partial charge in [0.05, 0.1) is 29.7 Å². The number of benzene rings is 1. The first kappa shape index (κ1) is 29.0. The zero-order valence-corrected chi connectivity index (χ0v) is 19.6. The van der Waals surface area contributed by atoms with Crippen molar-refractivity contribution in [2.24, 2.45) is 5.92 Å². The largest absolute Gasteiger partial charge is 1.00 e. The van der Waals surface area contributed by atoms with E-state index >= 15 is 0 Å². The lowest BCUT2D eigenvalue weighted by Crippen LogP contribution is -3.14. The third-order valence-corrected chi connectivity index (χ3v) is 5.14. The molecule has 0 fully saturated rings. The highest BCUT2D eigenvalue weighted by molar-refractivity contribution is 6.42. The van der Waals surface area contributed by atoms with E-state index in [2.05, 4.69) is 27.7 Å². The molecule has 158 valence electrons. The Bertz CT molecular complexity index is 540. The minimum absolute atomic E-state index is 0. The summed E-state index contributed by atoms with van der Waals surface area (Å²) in [4.78, 5) is 14.1. The molecule has 0 heterocycles. The molecule has 27 heavy (non-hydrogen) atoms. The van der Waals surface area contributed by atoms with Crippen LogP contribution in [0, 0.1) is 5.92 Å². The Morgan fingerprint density at radius 1 is 1.15 bits per heavy atom. The number of rotatable bonds is 11. The molecule has 1 unspecified atom stereocenters. The number of nitrogens with one attached hydrogen (secondary N) is 1. The molecule has 1 aromatic rings. The van der Waals surface area contributed by atoms with Gasteiger partial charge in [-0.25, -0.2) is 4.79 Å². The molecule has 4 nitrogen and oxygen atoms in total. The highest BCUT2D eigenvalue weighted by Crippen LogP contribution is 2.25. The van der Waals surface area contributed by atoms with Gasteiger partial charge in [-0.3, -0.25) is 0 Å². The Hall–Kier alpha value is -0.230. The lowest BCUT2D eigenvalue weighted by Gasteiger charge is -2.18. The van der Waals surface area contributed by atoms with Gasteiger partial charge in [-0.05, 0) is 38.3 Å². The Kier molecular flexibility index (Phi) is 16.8. The van der Waals surface area contributed by atoms with Crippen LogP contribution in [0.25, 0.3) is 0 Å². The van der Waals surface area contributed by atoms with Gasteiger partial charge in [-0.1, -0.05) is 43.1 Å². The van der Waals surface area contributed by atoms with Crippen molar-refractivity contribution in [3.63, 3.8) is 0 Å². The topological polar surface area (TPSA) is 47.4 Å². The predicted molar refractivity (Wildman–Crippen MR) is 103 cm³/mol. The maximum Gasteiger partial charge on any atom is 0.369 e. The van der Waals surface area contributed by atoms with Gasteiger partial charge in [-0.15, -0.1) is 0 Å². The first-order valence-electron chi connectivity index (χ1n) is 9.17. The SMILES string of the molecule is CC[NH+](CC)CC[NH2+]C(C(=O)OCCC(C)C)c1ccc(Cl)c(Cl)c1.[Cl-].[Cl-]. The van der Waals surface area contributed by atoms with Crippen molar-refractivity contribution in [2.45, 2.75) is 40.2 Å². The Morgan fingerprint density at radius 2 is 1.78 bits per heavy atom. The summed E-state index contributed by atoms with van der Waals surface area (Å²) in [7, 11) is 0. The molecule has 0 saturated heterocycles. The second-order valence-corrected chi connectivity index (χ2v) is 7.55. The minimum Gasteiger partial charge on any atom is -1.00 e. The van der Waals surface area contributed by atoms with E-state index in [0.29, 0.717) is 22.6 Å². The van der Waals surface area contributed by atoms with E-state index in [1.54, 1.807) is 12.1 Å². The lowest BCUT2D eigenvalue weighted by atomic mass is 10.1. The van der Waals surface area contributed by atoms with Gasteiger partial charge in [0.1, 0.15) is 13.1 Å². The number of quaternary nitrogens is 2. The summed E-state index contributed by atoms with van der Waals surface area (Å²) in [6.07, 6.45) is 0.865. The summed E-state index contributed by atoms with van der Waals surface area (Å²) in [5, 5.41) is 3.00. The standard InChI is InChI=1S/C19H30Cl2N2O2.2ClH/c1-5-23(6-2)11-10-22-18(19(24)25-12-9-14(3)4)15-7-8-16(20)17(21)13-15;;/h7-8,13-14,18,22H,5-6,9-12H2,1-4H3;2*1H. The van der Waals surface area contributed by atoms with Gasteiger partial charge < -0.3 is 39.8 Å². The van der Waals surface area contributed by atoms with Crippen LogP contribution < -0.4 is 35.0 Å². The number of carbonyl (C=O) groups is 1. The molecule has 0 aliphatic rings. The zero-order valence-electron chi connectivity index (χ0n) is 16.5. The van der Waals surface area contributed by atoms with Crippen LogP contribution >= 0.6 is 23.2 Å². The van der Waals surface area contributed by atoms with Crippen molar-refractivity contribution < 1.29 is 44.6 Å². The average molecular weight is 462 g/mol. The molecule has 0 aliphatic carbocycles. The normalized spacial score (nSPS) is 11.7. The zero-order chi connectivity index (χ0) is 18.8.